The summed E-state index contributed by atoms with van der Waals surface area (Å²) in [4.78, 5) is 11.9. The largest absolute Gasteiger partial charge is 0.392 e. The van der Waals surface area contributed by atoms with Gasteiger partial charge in [-0.2, -0.15) is 0 Å². The van der Waals surface area contributed by atoms with Crippen LogP contribution >= 0.6 is 12.2 Å². The number of carbonyl (C=O) groups is 1. The van der Waals surface area contributed by atoms with E-state index in [0.717, 1.165) is 12.8 Å². The second-order valence-electron chi connectivity index (χ2n) is 4.05. The molecule has 0 atom stereocenters. The van der Waals surface area contributed by atoms with Gasteiger partial charge in [0.05, 0.1) is 10.4 Å². The van der Waals surface area contributed by atoms with Crippen molar-refractivity contribution in [3.05, 3.63) is 0 Å². The van der Waals surface area contributed by atoms with Crippen LogP contribution in [0, 0.1) is 11.3 Å². The van der Waals surface area contributed by atoms with Gasteiger partial charge in [0.2, 0.25) is 5.91 Å². The summed E-state index contributed by atoms with van der Waals surface area (Å²) in [6.45, 7) is 4.81. The molecule has 1 rings (SSSR count). The van der Waals surface area contributed by atoms with Crippen molar-refractivity contribution < 1.29 is 4.79 Å². The Labute approximate surface area is 84.1 Å². The Bertz CT molecular complexity index is 234. The third-order valence-corrected chi connectivity index (χ3v) is 2.72. The fourth-order valence-corrected chi connectivity index (χ4v) is 1.47. The number of hydrogen-bond acceptors (Lipinski definition) is 2. The van der Waals surface area contributed by atoms with E-state index in [2.05, 4.69) is 19.2 Å². The molecule has 0 bridgehead atoms. The number of nitrogens with two attached hydrogens (primary N) is 1. The topological polar surface area (TPSA) is 55.1 Å². The Morgan fingerprint density at radius 3 is 2.46 bits per heavy atom. The van der Waals surface area contributed by atoms with Gasteiger partial charge < -0.3 is 11.1 Å². The first kappa shape index (κ1) is 10.4. The molecule has 0 spiro atoms. The van der Waals surface area contributed by atoms with Gasteiger partial charge in [0, 0.05) is 6.54 Å². The zero-order valence-electron chi connectivity index (χ0n) is 8.09. The monoisotopic (exact) mass is 200 g/mol. The molecule has 0 aromatic heterocycles. The highest BCUT2D eigenvalue weighted by molar-refractivity contribution is 7.80. The molecule has 0 aromatic carbocycles. The SMILES string of the molecule is CC(C)CNC(=O)C1(C(N)=S)CC1. The summed E-state index contributed by atoms with van der Waals surface area (Å²) < 4.78 is 0. The number of rotatable bonds is 4. The second kappa shape index (κ2) is 3.62. The zero-order chi connectivity index (χ0) is 10.1. The molecule has 1 aliphatic rings. The van der Waals surface area contributed by atoms with E-state index in [1.54, 1.807) is 0 Å². The molecule has 3 nitrogen and oxygen atoms in total. The summed E-state index contributed by atoms with van der Waals surface area (Å²) >= 11 is 4.87. The van der Waals surface area contributed by atoms with Crippen LogP contribution in [-0.4, -0.2) is 17.4 Å². The number of carbonyl (C=O) groups excluding carboxylic acids is 1. The minimum absolute atomic E-state index is 0.00806. The van der Waals surface area contributed by atoms with Crippen LogP contribution in [0.4, 0.5) is 0 Å². The highest BCUT2D eigenvalue weighted by Gasteiger charge is 2.52. The number of hydrogen-bond donors (Lipinski definition) is 2. The second-order valence-corrected chi connectivity index (χ2v) is 4.49. The maximum atomic E-state index is 11.6. The molecule has 0 unspecified atom stereocenters. The van der Waals surface area contributed by atoms with Gasteiger partial charge in [0.1, 0.15) is 0 Å². The van der Waals surface area contributed by atoms with Crippen molar-refractivity contribution >= 4 is 23.1 Å². The molecule has 4 heteroatoms. The van der Waals surface area contributed by atoms with Crippen molar-refractivity contribution in [2.75, 3.05) is 6.54 Å². The number of thiocarbonyl (C=S) groups is 1. The van der Waals surface area contributed by atoms with Crippen LogP contribution in [0.5, 0.6) is 0 Å². The molecule has 3 N–H and O–H groups in total. The summed E-state index contributed by atoms with van der Waals surface area (Å²) in [5.74, 6) is 0.472. The molecule has 1 fully saturated rings. The lowest BCUT2D eigenvalue weighted by Crippen LogP contribution is -2.40. The molecule has 1 aliphatic carbocycles. The maximum Gasteiger partial charge on any atom is 0.233 e. The van der Waals surface area contributed by atoms with Gasteiger partial charge >= 0.3 is 0 Å². The van der Waals surface area contributed by atoms with E-state index < -0.39 is 5.41 Å². The predicted molar refractivity (Wildman–Crippen MR) is 56.3 cm³/mol. The van der Waals surface area contributed by atoms with Crippen molar-refractivity contribution in [1.29, 1.82) is 0 Å². The third-order valence-electron chi connectivity index (χ3n) is 2.33. The molecule has 1 amide bonds. The Hall–Kier alpha value is -0.640. The summed E-state index contributed by atoms with van der Waals surface area (Å²) in [6.07, 6.45) is 1.62. The zero-order valence-corrected chi connectivity index (χ0v) is 8.91. The van der Waals surface area contributed by atoms with Crippen molar-refractivity contribution in [3.8, 4) is 0 Å². The summed E-state index contributed by atoms with van der Waals surface area (Å²) in [6, 6.07) is 0. The van der Waals surface area contributed by atoms with Crippen molar-refractivity contribution in [2.45, 2.75) is 26.7 Å². The van der Waals surface area contributed by atoms with Gasteiger partial charge in [0.25, 0.3) is 0 Å². The van der Waals surface area contributed by atoms with Crippen molar-refractivity contribution in [1.82, 2.24) is 5.32 Å². The van der Waals surface area contributed by atoms with E-state index in [0.29, 0.717) is 17.5 Å². The molecule has 0 heterocycles. The fraction of sp³-hybridized carbons (Fsp3) is 0.778. The van der Waals surface area contributed by atoms with Crippen LogP contribution in [0.25, 0.3) is 0 Å². The van der Waals surface area contributed by atoms with Crippen molar-refractivity contribution in [3.63, 3.8) is 0 Å². The third kappa shape index (κ3) is 2.18. The highest BCUT2D eigenvalue weighted by atomic mass is 32.1. The van der Waals surface area contributed by atoms with Gasteiger partial charge in [-0.15, -0.1) is 0 Å². The smallest absolute Gasteiger partial charge is 0.233 e. The van der Waals surface area contributed by atoms with Crippen LogP contribution in [0.2, 0.25) is 0 Å². The minimum atomic E-state index is -0.496. The Morgan fingerprint density at radius 2 is 2.15 bits per heavy atom. The molecule has 0 radical (unpaired) electrons. The maximum absolute atomic E-state index is 11.6. The van der Waals surface area contributed by atoms with E-state index in [1.165, 1.54) is 0 Å². The van der Waals surface area contributed by atoms with Gasteiger partial charge in [0.15, 0.2) is 0 Å². The van der Waals surface area contributed by atoms with Gasteiger partial charge in [-0.3, -0.25) is 4.79 Å². The van der Waals surface area contributed by atoms with E-state index in [4.69, 9.17) is 18.0 Å². The molecular weight excluding hydrogens is 184 g/mol. The lowest BCUT2D eigenvalue weighted by molar-refractivity contribution is -0.124. The fourth-order valence-electron chi connectivity index (χ4n) is 1.18. The Morgan fingerprint density at radius 1 is 1.62 bits per heavy atom. The van der Waals surface area contributed by atoms with Crippen LogP contribution in [0.3, 0.4) is 0 Å². The average molecular weight is 200 g/mol. The van der Waals surface area contributed by atoms with Crippen molar-refractivity contribution in [2.24, 2.45) is 17.1 Å². The number of amides is 1. The molecule has 1 saturated carbocycles. The molecule has 74 valence electrons. The quantitative estimate of drug-likeness (QED) is 0.661. The normalized spacial score (nSPS) is 18.4. The summed E-state index contributed by atoms with van der Waals surface area (Å²) in [5, 5.41) is 2.86. The van der Waals surface area contributed by atoms with E-state index >= 15 is 0 Å². The van der Waals surface area contributed by atoms with E-state index in [1.807, 2.05) is 0 Å². The average Bonchev–Trinajstić information content (AvgIpc) is 2.79. The van der Waals surface area contributed by atoms with Crippen LogP contribution < -0.4 is 11.1 Å². The molecule has 0 saturated heterocycles. The van der Waals surface area contributed by atoms with Gasteiger partial charge in [-0.1, -0.05) is 26.1 Å². The minimum Gasteiger partial charge on any atom is -0.392 e. The Kier molecular flexibility index (Phi) is 2.91. The van der Waals surface area contributed by atoms with Gasteiger partial charge in [-0.25, -0.2) is 0 Å². The van der Waals surface area contributed by atoms with Crippen LogP contribution in [0.15, 0.2) is 0 Å². The lowest BCUT2D eigenvalue weighted by atomic mass is 10.1. The molecule has 0 aromatic rings. The van der Waals surface area contributed by atoms with E-state index in [-0.39, 0.29) is 5.91 Å². The first-order chi connectivity index (χ1) is 5.99. The first-order valence-electron chi connectivity index (χ1n) is 4.57. The number of nitrogens with one attached hydrogen (secondary N) is 1. The standard InChI is InChI=1S/C9H16N2OS/c1-6(2)5-11-8(12)9(3-4-9)7(10)13/h6H,3-5H2,1-2H3,(H2,10,13)(H,11,12). The summed E-state index contributed by atoms with van der Waals surface area (Å²) in [5.41, 5.74) is 5.01. The predicted octanol–water partition coefficient (Wildman–Crippen LogP) is 0.825. The molecule has 13 heavy (non-hydrogen) atoms. The summed E-state index contributed by atoms with van der Waals surface area (Å²) in [7, 11) is 0. The Balaban J connectivity index is 2.44. The first-order valence-corrected chi connectivity index (χ1v) is 4.98. The van der Waals surface area contributed by atoms with Crippen LogP contribution in [-0.2, 0) is 4.79 Å². The molecule has 0 aliphatic heterocycles. The van der Waals surface area contributed by atoms with Gasteiger partial charge in [-0.05, 0) is 18.8 Å². The lowest BCUT2D eigenvalue weighted by Gasteiger charge is -2.14. The van der Waals surface area contributed by atoms with Crippen LogP contribution in [0.1, 0.15) is 26.7 Å². The van der Waals surface area contributed by atoms with E-state index in [9.17, 15) is 4.79 Å². The highest BCUT2D eigenvalue weighted by Crippen LogP contribution is 2.46. The molecular formula is C9H16N2OS.